The van der Waals surface area contributed by atoms with Crippen LogP contribution in [0.25, 0.3) is 27.7 Å². The molecule has 3 aromatic heterocycles. The Balaban J connectivity index is 1.92. The highest BCUT2D eigenvalue weighted by Crippen LogP contribution is 2.24. The molecule has 1 aromatic carbocycles. The van der Waals surface area contributed by atoms with Crippen LogP contribution in [0.1, 0.15) is 5.56 Å². The molecule has 0 saturated carbocycles. The van der Waals surface area contributed by atoms with Crippen LogP contribution >= 0.6 is 11.3 Å². The van der Waals surface area contributed by atoms with Crippen molar-refractivity contribution in [1.82, 2.24) is 19.6 Å². The van der Waals surface area contributed by atoms with Gasteiger partial charge in [-0.05, 0) is 24.4 Å². The standard InChI is InChI=1S/C16H12N4S/c1-11-4-6-12(7-5-11)13-8-9-17-16-18-15(19-20(13)16)14-3-2-10-21-14/h2-10H,1H3. The molecule has 5 heteroatoms. The van der Waals surface area contributed by atoms with E-state index in [4.69, 9.17) is 0 Å². The molecule has 0 radical (unpaired) electrons. The van der Waals surface area contributed by atoms with Gasteiger partial charge in [-0.25, -0.2) is 4.98 Å². The molecule has 0 saturated heterocycles. The molecule has 4 aromatic rings. The maximum absolute atomic E-state index is 4.61. The molecular weight excluding hydrogens is 280 g/mol. The summed E-state index contributed by atoms with van der Waals surface area (Å²) < 4.78 is 1.81. The van der Waals surface area contributed by atoms with Crippen LogP contribution in [-0.4, -0.2) is 19.6 Å². The van der Waals surface area contributed by atoms with Crippen LogP contribution in [0.5, 0.6) is 0 Å². The Kier molecular flexibility index (Phi) is 2.79. The highest BCUT2D eigenvalue weighted by molar-refractivity contribution is 7.13. The summed E-state index contributed by atoms with van der Waals surface area (Å²) in [6.07, 6.45) is 1.78. The van der Waals surface area contributed by atoms with Gasteiger partial charge in [-0.1, -0.05) is 35.9 Å². The summed E-state index contributed by atoms with van der Waals surface area (Å²) in [6, 6.07) is 14.4. The second kappa shape index (κ2) is 4.79. The number of aromatic nitrogens is 4. The molecule has 0 amide bonds. The van der Waals surface area contributed by atoms with Gasteiger partial charge in [0.25, 0.3) is 5.78 Å². The maximum atomic E-state index is 4.61. The summed E-state index contributed by atoms with van der Waals surface area (Å²) in [7, 11) is 0. The average molecular weight is 292 g/mol. The first-order chi connectivity index (χ1) is 10.3. The van der Waals surface area contributed by atoms with Crippen molar-refractivity contribution in [2.75, 3.05) is 0 Å². The van der Waals surface area contributed by atoms with Gasteiger partial charge in [0.1, 0.15) is 0 Å². The van der Waals surface area contributed by atoms with E-state index < -0.39 is 0 Å². The lowest BCUT2D eigenvalue weighted by atomic mass is 10.1. The zero-order valence-electron chi connectivity index (χ0n) is 11.4. The summed E-state index contributed by atoms with van der Waals surface area (Å²) in [5.41, 5.74) is 3.34. The van der Waals surface area contributed by atoms with Gasteiger partial charge in [0.15, 0.2) is 5.82 Å². The Morgan fingerprint density at radius 2 is 1.90 bits per heavy atom. The second-order valence-corrected chi connectivity index (χ2v) is 5.77. The molecule has 3 heterocycles. The van der Waals surface area contributed by atoms with E-state index >= 15 is 0 Å². The zero-order chi connectivity index (χ0) is 14.2. The molecule has 102 valence electrons. The minimum absolute atomic E-state index is 0.622. The molecule has 0 bridgehead atoms. The van der Waals surface area contributed by atoms with E-state index in [1.54, 1.807) is 22.0 Å². The lowest BCUT2D eigenvalue weighted by Crippen LogP contribution is -1.95. The number of hydrogen-bond acceptors (Lipinski definition) is 4. The second-order valence-electron chi connectivity index (χ2n) is 4.82. The molecule has 0 aliphatic carbocycles. The van der Waals surface area contributed by atoms with Crippen molar-refractivity contribution < 1.29 is 0 Å². The van der Waals surface area contributed by atoms with Crippen molar-refractivity contribution in [1.29, 1.82) is 0 Å². The molecular formula is C16H12N4S. The topological polar surface area (TPSA) is 43.1 Å². The van der Waals surface area contributed by atoms with Crippen LogP contribution in [0, 0.1) is 6.92 Å². The van der Waals surface area contributed by atoms with Gasteiger partial charge in [0.05, 0.1) is 10.6 Å². The first kappa shape index (κ1) is 12.2. The molecule has 0 N–H and O–H groups in total. The Hall–Kier alpha value is -2.53. The quantitative estimate of drug-likeness (QED) is 0.564. The van der Waals surface area contributed by atoms with E-state index in [1.165, 1.54) is 5.56 Å². The molecule has 4 nitrogen and oxygen atoms in total. The van der Waals surface area contributed by atoms with E-state index in [9.17, 15) is 0 Å². The first-order valence-electron chi connectivity index (χ1n) is 6.64. The number of hydrogen-bond donors (Lipinski definition) is 0. The maximum Gasteiger partial charge on any atom is 0.253 e. The number of rotatable bonds is 2. The Morgan fingerprint density at radius 3 is 2.67 bits per heavy atom. The minimum atomic E-state index is 0.622. The third kappa shape index (κ3) is 2.11. The average Bonchev–Trinajstić information content (AvgIpc) is 3.16. The van der Waals surface area contributed by atoms with Crippen molar-refractivity contribution in [3.05, 3.63) is 59.6 Å². The smallest absolute Gasteiger partial charge is 0.220 e. The number of fused-ring (bicyclic) bond motifs is 1. The lowest BCUT2D eigenvalue weighted by Gasteiger charge is -2.03. The minimum Gasteiger partial charge on any atom is -0.220 e. The zero-order valence-corrected chi connectivity index (χ0v) is 12.2. The summed E-state index contributed by atoms with van der Waals surface area (Å²) in [5.74, 6) is 1.34. The molecule has 0 spiro atoms. The third-order valence-electron chi connectivity index (χ3n) is 3.33. The molecule has 0 aliphatic heterocycles. The molecule has 21 heavy (non-hydrogen) atoms. The fourth-order valence-corrected chi connectivity index (χ4v) is 2.90. The monoisotopic (exact) mass is 292 g/mol. The summed E-state index contributed by atoms with van der Waals surface area (Å²) in [4.78, 5) is 9.87. The van der Waals surface area contributed by atoms with E-state index in [0.29, 0.717) is 5.78 Å². The van der Waals surface area contributed by atoms with Gasteiger partial charge < -0.3 is 0 Å². The van der Waals surface area contributed by atoms with Gasteiger partial charge in [0.2, 0.25) is 0 Å². The van der Waals surface area contributed by atoms with Gasteiger partial charge >= 0.3 is 0 Å². The molecule has 0 unspecified atom stereocenters. The highest BCUT2D eigenvalue weighted by atomic mass is 32.1. The van der Waals surface area contributed by atoms with E-state index in [0.717, 1.165) is 22.0 Å². The van der Waals surface area contributed by atoms with Crippen LogP contribution in [-0.2, 0) is 0 Å². The number of aryl methyl sites for hydroxylation is 1. The predicted octanol–water partition coefficient (Wildman–Crippen LogP) is 3.83. The Morgan fingerprint density at radius 1 is 1.05 bits per heavy atom. The Bertz CT molecular complexity index is 892. The van der Waals surface area contributed by atoms with Crippen molar-refractivity contribution in [2.45, 2.75) is 6.92 Å². The van der Waals surface area contributed by atoms with Crippen LogP contribution in [0.4, 0.5) is 0 Å². The summed E-state index contributed by atoms with van der Waals surface area (Å²) in [6.45, 7) is 2.08. The predicted molar refractivity (Wildman–Crippen MR) is 84.3 cm³/mol. The first-order valence-corrected chi connectivity index (χ1v) is 7.52. The van der Waals surface area contributed by atoms with Gasteiger partial charge in [0, 0.05) is 11.8 Å². The van der Waals surface area contributed by atoms with Gasteiger partial charge in [-0.15, -0.1) is 16.4 Å². The van der Waals surface area contributed by atoms with E-state index in [2.05, 4.69) is 46.3 Å². The molecule has 4 rings (SSSR count). The van der Waals surface area contributed by atoms with E-state index in [1.807, 2.05) is 23.6 Å². The van der Waals surface area contributed by atoms with Crippen molar-refractivity contribution >= 4 is 17.1 Å². The lowest BCUT2D eigenvalue weighted by molar-refractivity contribution is 0.952. The van der Waals surface area contributed by atoms with Crippen molar-refractivity contribution in [2.24, 2.45) is 0 Å². The normalized spacial score (nSPS) is 11.1. The fourth-order valence-electron chi connectivity index (χ4n) is 2.25. The number of nitrogens with zero attached hydrogens (tertiary/aromatic N) is 4. The van der Waals surface area contributed by atoms with Gasteiger partial charge in [-0.2, -0.15) is 9.50 Å². The largest absolute Gasteiger partial charge is 0.253 e. The van der Waals surface area contributed by atoms with E-state index in [-0.39, 0.29) is 0 Å². The van der Waals surface area contributed by atoms with Crippen LogP contribution in [0.2, 0.25) is 0 Å². The molecule has 0 atom stereocenters. The summed E-state index contributed by atoms with van der Waals surface area (Å²) in [5, 5.41) is 6.63. The van der Waals surface area contributed by atoms with Crippen molar-refractivity contribution in [3.8, 4) is 22.0 Å². The number of thiophene rings is 1. The van der Waals surface area contributed by atoms with Crippen molar-refractivity contribution in [3.63, 3.8) is 0 Å². The number of benzene rings is 1. The third-order valence-corrected chi connectivity index (χ3v) is 4.20. The summed E-state index contributed by atoms with van der Waals surface area (Å²) >= 11 is 1.63. The highest BCUT2D eigenvalue weighted by Gasteiger charge is 2.11. The Labute approximate surface area is 125 Å². The molecule has 0 aliphatic rings. The van der Waals surface area contributed by atoms with Crippen LogP contribution in [0.15, 0.2) is 54.0 Å². The fraction of sp³-hybridized carbons (Fsp3) is 0.0625. The SMILES string of the molecule is Cc1ccc(-c2ccnc3nc(-c4cccs4)nn23)cc1. The van der Waals surface area contributed by atoms with Crippen LogP contribution in [0.3, 0.4) is 0 Å². The molecule has 0 fully saturated rings. The van der Waals surface area contributed by atoms with Crippen LogP contribution < -0.4 is 0 Å². The van der Waals surface area contributed by atoms with Gasteiger partial charge in [-0.3, -0.25) is 0 Å².